The number of thiazole rings is 1. The van der Waals surface area contributed by atoms with Crippen molar-refractivity contribution in [1.82, 2.24) is 4.98 Å². The SMILES string of the molecule is CCC[C@](C)(N)[C@@H](O)c1nccs1. The maximum Gasteiger partial charge on any atom is 0.123 e. The van der Waals surface area contributed by atoms with Gasteiger partial charge in [-0.25, -0.2) is 4.98 Å². The maximum absolute atomic E-state index is 9.89. The number of hydrogen-bond acceptors (Lipinski definition) is 4. The van der Waals surface area contributed by atoms with E-state index in [1.165, 1.54) is 11.3 Å². The highest BCUT2D eigenvalue weighted by Crippen LogP contribution is 2.28. The zero-order chi connectivity index (χ0) is 9.90. The third-order valence-electron chi connectivity index (χ3n) is 2.10. The molecule has 1 aromatic rings. The molecular formula is C9H16N2OS. The van der Waals surface area contributed by atoms with Gasteiger partial charge in [-0.05, 0) is 13.3 Å². The summed E-state index contributed by atoms with van der Waals surface area (Å²) in [4.78, 5) is 4.05. The molecule has 3 nitrogen and oxygen atoms in total. The molecule has 0 unspecified atom stereocenters. The highest BCUT2D eigenvalue weighted by Gasteiger charge is 2.30. The third-order valence-corrected chi connectivity index (χ3v) is 2.93. The molecule has 1 heterocycles. The molecule has 0 aliphatic rings. The molecule has 0 fully saturated rings. The molecule has 0 radical (unpaired) electrons. The van der Waals surface area contributed by atoms with Crippen molar-refractivity contribution in [3.8, 4) is 0 Å². The minimum atomic E-state index is -0.646. The summed E-state index contributed by atoms with van der Waals surface area (Å²) in [6.07, 6.45) is 2.81. The van der Waals surface area contributed by atoms with Crippen LogP contribution in [0.3, 0.4) is 0 Å². The second-order valence-electron chi connectivity index (χ2n) is 3.53. The Labute approximate surface area is 82.6 Å². The lowest BCUT2D eigenvalue weighted by atomic mass is 9.91. The predicted octanol–water partition coefficient (Wildman–Crippen LogP) is 1.69. The second-order valence-corrected chi connectivity index (χ2v) is 4.45. The van der Waals surface area contributed by atoms with Crippen LogP contribution in [0.15, 0.2) is 11.6 Å². The van der Waals surface area contributed by atoms with Crippen LogP contribution >= 0.6 is 11.3 Å². The molecule has 0 amide bonds. The summed E-state index contributed by atoms with van der Waals surface area (Å²) < 4.78 is 0. The van der Waals surface area contributed by atoms with Gasteiger partial charge in [-0.3, -0.25) is 0 Å². The van der Waals surface area contributed by atoms with Gasteiger partial charge >= 0.3 is 0 Å². The molecular weight excluding hydrogens is 184 g/mol. The minimum Gasteiger partial charge on any atom is -0.384 e. The van der Waals surface area contributed by atoms with Crippen molar-refractivity contribution in [2.75, 3.05) is 0 Å². The van der Waals surface area contributed by atoms with Gasteiger partial charge in [0, 0.05) is 17.1 Å². The lowest BCUT2D eigenvalue weighted by Crippen LogP contribution is -2.42. The molecule has 74 valence electrons. The summed E-state index contributed by atoms with van der Waals surface area (Å²) in [7, 11) is 0. The van der Waals surface area contributed by atoms with E-state index >= 15 is 0 Å². The van der Waals surface area contributed by atoms with Gasteiger partial charge in [-0.2, -0.15) is 0 Å². The Balaban J connectivity index is 2.71. The fourth-order valence-electron chi connectivity index (χ4n) is 1.33. The highest BCUT2D eigenvalue weighted by atomic mass is 32.1. The normalized spacial score (nSPS) is 18.2. The fraction of sp³-hybridized carbons (Fsp3) is 0.667. The van der Waals surface area contributed by atoms with Crippen LogP contribution in [0, 0.1) is 0 Å². The average molecular weight is 200 g/mol. The largest absolute Gasteiger partial charge is 0.384 e. The molecule has 0 saturated carbocycles. The lowest BCUT2D eigenvalue weighted by molar-refractivity contribution is 0.0879. The summed E-state index contributed by atoms with van der Waals surface area (Å²) in [5, 5.41) is 12.4. The van der Waals surface area contributed by atoms with E-state index in [1.807, 2.05) is 12.3 Å². The number of rotatable bonds is 4. The number of aliphatic hydroxyl groups is 1. The van der Waals surface area contributed by atoms with Crippen LogP contribution in [0.2, 0.25) is 0 Å². The first kappa shape index (κ1) is 10.6. The molecule has 0 aliphatic heterocycles. The van der Waals surface area contributed by atoms with Crippen LogP contribution in [-0.2, 0) is 0 Å². The number of hydrogen-bond donors (Lipinski definition) is 2. The Morgan fingerprint density at radius 3 is 2.92 bits per heavy atom. The standard InChI is InChI=1S/C9H16N2OS/c1-3-4-9(2,10)7(12)8-11-5-6-13-8/h5-7,12H,3-4,10H2,1-2H3/t7-,9-/m0/s1. The van der Waals surface area contributed by atoms with Crippen LogP contribution in [0.4, 0.5) is 0 Å². The Morgan fingerprint density at radius 1 is 1.77 bits per heavy atom. The van der Waals surface area contributed by atoms with Crippen LogP contribution in [0.1, 0.15) is 37.8 Å². The number of aromatic nitrogens is 1. The first-order valence-electron chi connectivity index (χ1n) is 4.44. The Morgan fingerprint density at radius 2 is 2.46 bits per heavy atom. The van der Waals surface area contributed by atoms with Gasteiger partial charge in [0.1, 0.15) is 11.1 Å². The Hall–Kier alpha value is -0.450. The molecule has 0 aromatic carbocycles. The van der Waals surface area contributed by atoms with Gasteiger partial charge in [-0.1, -0.05) is 13.3 Å². The summed E-state index contributed by atoms with van der Waals surface area (Å²) in [6, 6.07) is 0. The zero-order valence-corrected chi connectivity index (χ0v) is 8.84. The van der Waals surface area contributed by atoms with Crippen LogP contribution in [0.25, 0.3) is 0 Å². The molecule has 3 N–H and O–H groups in total. The highest BCUT2D eigenvalue weighted by molar-refractivity contribution is 7.09. The summed E-state index contributed by atoms with van der Waals surface area (Å²) in [6.45, 7) is 3.92. The van der Waals surface area contributed by atoms with Crippen molar-refractivity contribution >= 4 is 11.3 Å². The smallest absolute Gasteiger partial charge is 0.123 e. The summed E-state index contributed by atoms with van der Waals surface area (Å²) in [5.74, 6) is 0. The van der Waals surface area contributed by atoms with Crippen molar-refractivity contribution < 1.29 is 5.11 Å². The second kappa shape index (κ2) is 4.17. The number of nitrogens with two attached hydrogens (primary N) is 1. The first-order valence-corrected chi connectivity index (χ1v) is 5.32. The van der Waals surface area contributed by atoms with Gasteiger partial charge < -0.3 is 10.8 Å². The molecule has 13 heavy (non-hydrogen) atoms. The lowest BCUT2D eigenvalue weighted by Gasteiger charge is -2.28. The molecule has 1 rings (SSSR count). The molecule has 4 heteroatoms. The van der Waals surface area contributed by atoms with E-state index in [2.05, 4.69) is 11.9 Å². The van der Waals surface area contributed by atoms with E-state index < -0.39 is 11.6 Å². The van der Waals surface area contributed by atoms with Crippen LogP contribution in [-0.4, -0.2) is 15.6 Å². The van der Waals surface area contributed by atoms with E-state index in [0.717, 1.165) is 12.8 Å². The molecule has 0 bridgehead atoms. The fourth-order valence-corrected chi connectivity index (χ4v) is 2.11. The van der Waals surface area contributed by atoms with Gasteiger partial charge in [0.05, 0.1) is 0 Å². The Bertz CT molecular complexity index is 246. The zero-order valence-electron chi connectivity index (χ0n) is 8.03. The number of aliphatic hydroxyl groups excluding tert-OH is 1. The van der Waals surface area contributed by atoms with Gasteiger partial charge in [0.2, 0.25) is 0 Å². The minimum absolute atomic E-state index is 0.563. The van der Waals surface area contributed by atoms with Crippen molar-refractivity contribution in [2.24, 2.45) is 5.73 Å². The summed E-state index contributed by atoms with van der Waals surface area (Å²) in [5.41, 5.74) is 5.42. The summed E-state index contributed by atoms with van der Waals surface area (Å²) >= 11 is 1.44. The van der Waals surface area contributed by atoms with Gasteiger partial charge in [0.25, 0.3) is 0 Å². The molecule has 0 spiro atoms. The predicted molar refractivity (Wildman–Crippen MR) is 54.6 cm³/mol. The quantitative estimate of drug-likeness (QED) is 0.777. The number of nitrogens with zero attached hydrogens (tertiary/aromatic N) is 1. The molecule has 0 aliphatic carbocycles. The first-order chi connectivity index (χ1) is 6.08. The average Bonchev–Trinajstić information content (AvgIpc) is 2.54. The van der Waals surface area contributed by atoms with E-state index in [4.69, 9.17) is 5.73 Å². The van der Waals surface area contributed by atoms with E-state index in [9.17, 15) is 5.11 Å². The van der Waals surface area contributed by atoms with Crippen LogP contribution in [0.5, 0.6) is 0 Å². The van der Waals surface area contributed by atoms with Crippen molar-refractivity contribution in [1.29, 1.82) is 0 Å². The van der Waals surface area contributed by atoms with Crippen molar-refractivity contribution in [2.45, 2.75) is 38.3 Å². The van der Waals surface area contributed by atoms with E-state index in [0.29, 0.717) is 5.01 Å². The van der Waals surface area contributed by atoms with Crippen LogP contribution < -0.4 is 5.73 Å². The maximum atomic E-state index is 9.89. The molecule has 2 atom stereocenters. The van der Waals surface area contributed by atoms with Gasteiger partial charge in [-0.15, -0.1) is 11.3 Å². The third kappa shape index (κ3) is 2.49. The van der Waals surface area contributed by atoms with Crippen molar-refractivity contribution in [3.63, 3.8) is 0 Å². The monoisotopic (exact) mass is 200 g/mol. The topological polar surface area (TPSA) is 59.1 Å². The van der Waals surface area contributed by atoms with E-state index in [1.54, 1.807) is 6.20 Å². The van der Waals surface area contributed by atoms with Gasteiger partial charge in [0.15, 0.2) is 0 Å². The Kier molecular flexibility index (Phi) is 3.41. The van der Waals surface area contributed by atoms with E-state index in [-0.39, 0.29) is 0 Å². The van der Waals surface area contributed by atoms with Crippen molar-refractivity contribution in [3.05, 3.63) is 16.6 Å². The molecule has 0 saturated heterocycles. The molecule has 1 aromatic heterocycles.